The summed E-state index contributed by atoms with van der Waals surface area (Å²) in [5, 5.41) is 9.21. The number of hydrogen-bond donors (Lipinski definition) is 2. The first-order valence-corrected chi connectivity index (χ1v) is 8.30. The highest BCUT2D eigenvalue weighted by molar-refractivity contribution is 5.97. The number of benzene rings is 2. The summed E-state index contributed by atoms with van der Waals surface area (Å²) in [5.41, 5.74) is 1.73. The van der Waals surface area contributed by atoms with Gasteiger partial charge in [0.2, 0.25) is 11.7 Å². The fourth-order valence-corrected chi connectivity index (χ4v) is 2.44. The van der Waals surface area contributed by atoms with E-state index < -0.39 is 11.8 Å². The molecular weight excluding hydrogens is 361 g/mol. The number of amides is 2. The van der Waals surface area contributed by atoms with Gasteiger partial charge in [-0.3, -0.25) is 9.59 Å². The summed E-state index contributed by atoms with van der Waals surface area (Å²) in [6.07, 6.45) is 5.32. The molecule has 3 aromatic rings. The Labute approximate surface area is 160 Å². The molecule has 1 aromatic heterocycles. The number of carbonyl (C=O) groups excluding carboxylic acids is 2. The third-order valence-electron chi connectivity index (χ3n) is 3.77. The third-order valence-corrected chi connectivity index (χ3v) is 3.77. The fraction of sp³-hybridized carbons (Fsp3) is 0.100. The minimum Gasteiger partial charge on any atom is -0.340 e. The van der Waals surface area contributed by atoms with Crippen LogP contribution < -0.4 is 10.6 Å². The summed E-state index contributed by atoms with van der Waals surface area (Å²) in [7, 11) is 0. The van der Waals surface area contributed by atoms with E-state index in [1.807, 2.05) is 0 Å². The standard InChI is InChI=1S/C20H16FN5O2/c1-3-14-5-4-6-16(11-14)24-18(27)12-22-20(28)19-23-13(2)26(25-19)17-9-7-15(21)8-10-17/h1,4-11H,12H2,2H3,(H,22,28)(H,24,27). The summed E-state index contributed by atoms with van der Waals surface area (Å²) < 4.78 is 14.5. The van der Waals surface area contributed by atoms with Crippen molar-refractivity contribution in [2.24, 2.45) is 0 Å². The van der Waals surface area contributed by atoms with Gasteiger partial charge < -0.3 is 10.6 Å². The van der Waals surface area contributed by atoms with Crippen LogP contribution in [0.4, 0.5) is 10.1 Å². The van der Waals surface area contributed by atoms with E-state index in [1.165, 1.54) is 28.9 Å². The van der Waals surface area contributed by atoms with Crippen LogP contribution in [0.5, 0.6) is 0 Å². The molecule has 3 rings (SSSR count). The van der Waals surface area contributed by atoms with E-state index in [0.29, 0.717) is 22.8 Å². The van der Waals surface area contributed by atoms with Gasteiger partial charge in [0, 0.05) is 11.3 Å². The Morgan fingerprint density at radius 2 is 1.96 bits per heavy atom. The van der Waals surface area contributed by atoms with Gasteiger partial charge in [-0.05, 0) is 49.4 Å². The van der Waals surface area contributed by atoms with Crippen molar-refractivity contribution in [1.29, 1.82) is 0 Å². The van der Waals surface area contributed by atoms with E-state index in [9.17, 15) is 14.0 Å². The quantitative estimate of drug-likeness (QED) is 0.666. The topological polar surface area (TPSA) is 88.9 Å². The van der Waals surface area contributed by atoms with Crippen LogP contribution in [0.3, 0.4) is 0 Å². The molecule has 1 heterocycles. The minimum absolute atomic E-state index is 0.0936. The van der Waals surface area contributed by atoms with Crippen LogP contribution >= 0.6 is 0 Å². The highest BCUT2D eigenvalue weighted by atomic mass is 19.1. The predicted octanol–water partition coefficient (Wildman–Crippen LogP) is 2.06. The summed E-state index contributed by atoms with van der Waals surface area (Å²) in [6, 6.07) is 12.4. The lowest BCUT2D eigenvalue weighted by Gasteiger charge is -2.06. The van der Waals surface area contributed by atoms with Gasteiger partial charge in [-0.15, -0.1) is 11.5 Å². The SMILES string of the molecule is C#Cc1cccc(NC(=O)CNC(=O)c2nc(C)n(-c3ccc(F)cc3)n2)c1. The van der Waals surface area contributed by atoms with Crippen LogP contribution in [0, 0.1) is 25.1 Å². The molecule has 0 aliphatic carbocycles. The predicted molar refractivity (Wildman–Crippen MR) is 101 cm³/mol. The second-order valence-electron chi connectivity index (χ2n) is 5.83. The molecule has 0 bridgehead atoms. The van der Waals surface area contributed by atoms with Crippen molar-refractivity contribution in [3.8, 4) is 18.0 Å². The Kier molecular flexibility index (Phi) is 5.46. The van der Waals surface area contributed by atoms with Gasteiger partial charge in [0.05, 0.1) is 12.2 Å². The molecule has 2 amide bonds. The Hall–Kier alpha value is -3.99. The van der Waals surface area contributed by atoms with Crippen molar-refractivity contribution >= 4 is 17.5 Å². The van der Waals surface area contributed by atoms with Crippen molar-refractivity contribution < 1.29 is 14.0 Å². The second-order valence-corrected chi connectivity index (χ2v) is 5.83. The summed E-state index contributed by atoms with van der Waals surface area (Å²) in [6.45, 7) is 1.40. The Morgan fingerprint density at radius 1 is 1.21 bits per heavy atom. The molecule has 140 valence electrons. The van der Waals surface area contributed by atoms with Gasteiger partial charge in [-0.25, -0.2) is 14.1 Å². The molecule has 0 radical (unpaired) electrons. The summed E-state index contributed by atoms with van der Waals surface area (Å²) in [5.74, 6) is 1.44. The molecule has 0 aliphatic heterocycles. The van der Waals surface area contributed by atoms with Gasteiger partial charge in [0.15, 0.2) is 0 Å². The largest absolute Gasteiger partial charge is 0.340 e. The maximum atomic E-state index is 13.1. The highest BCUT2D eigenvalue weighted by Gasteiger charge is 2.16. The second kappa shape index (κ2) is 8.14. The zero-order valence-corrected chi connectivity index (χ0v) is 14.9. The number of nitrogens with one attached hydrogen (secondary N) is 2. The molecule has 0 saturated heterocycles. The van der Waals surface area contributed by atoms with E-state index in [2.05, 4.69) is 26.6 Å². The van der Waals surface area contributed by atoms with Crippen LogP contribution in [0.2, 0.25) is 0 Å². The first-order valence-electron chi connectivity index (χ1n) is 8.30. The lowest BCUT2D eigenvalue weighted by Crippen LogP contribution is -2.33. The van der Waals surface area contributed by atoms with Crippen LogP contribution in [0.25, 0.3) is 5.69 Å². The van der Waals surface area contributed by atoms with Crippen LogP contribution in [-0.4, -0.2) is 33.1 Å². The number of anilines is 1. The number of carbonyl (C=O) groups is 2. The molecule has 0 saturated carbocycles. The van der Waals surface area contributed by atoms with Gasteiger partial charge >= 0.3 is 0 Å². The number of terminal acetylenes is 1. The molecule has 28 heavy (non-hydrogen) atoms. The van der Waals surface area contributed by atoms with E-state index in [4.69, 9.17) is 6.42 Å². The third kappa shape index (κ3) is 4.40. The lowest BCUT2D eigenvalue weighted by molar-refractivity contribution is -0.115. The van der Waals surface area contributed by atoms with Crippen LogP contribution in [0.1, 0.15) is 22.0 Å². The van der Waals surface area contributed by atoms with Gasteiger partial charge in [0.1, 0.15) is 11.6 Å². The number of halogens is 1. The monoisotopic (exact) mass is 377 g/mol. The summed E-state index contributed by atoms with van der Waals surface area (Å²) in [4.78, 5) is 28.3. The Balaban J connectivity index is 1.62. The van der Waals surface area contributed by atoms with Crippen molar-refractivity contribution in [2.75, 3.05) is 11.9 Å². The van der Waals surface area contributed by atoms with Crippen molar-refractivity contribution in [1.82, 2.24) is 20.1 Å². The Morgan fingerprint density at radius 3 is 2.68 bits per heavy atom. The first-order chi connectivity index (χ1) is 13.5. The number of hydrogen-bond acceptors (Lipinski definition) is 4. The molecule has 0 unspecified atom stereocenters. The molecular formula is C20H16FN5O2. The summed E-state index contributed by atoms with van der Waals surface area (Å²) >= 11 is 0. The van der Waals surface area contributed by atoms with Crippen LogP contribution in [-0.2, 0) is 4.79 Å². The van der Waals surface area contributed by atoms with Gasteiger partial charge in [-0.1, -0.05) is 12.0 Å². The van der Waals surface area contributed by atoms with E-state index in [-0.39, 0.29) is 18.2 Å². The normalized spacial score (nSPS) is 10.2. The maximum Gasteiger partial charge on any atom is 0.291 e. The molecule has 7 nitrogen and oxygen atoms in total. The van der Waals surface area contributed by atoms with Gasteiger partial charge in [0.25, 0.3) is 5.91 Å². The van der Waals surface area contributed by atoms with E-state index in [0.717, 1.165) is 0 Å². The zero-order chi connectivity index (χ0) is 20.1. The molecule has 0 atom stereocenters. The number of nitrogens with zero attached hydrogens (tertiary/aromatic N) is 3. The zero-order valence-electron chi connectivity index (χ0n) is 14.9. The highest BCUT2D eigenvalue weighted by Crippen LogP contribution is 2.11. The van der Waals surface area contributed by atoms with Crippen LogP contribution in [0.15, 0.2) is 48.5 Å². The van der Waals surface area contributed by atoms with Gasteiger partial charge in [-0.2, -0.15) is 0 Å². The lowest BCUT2D eigenvalue weighted by atomic mass is 10.2. The maximum absolute atomic E-state index is 13.1. The van der Waals surface area contributed by atoms with Crippen molar-refractivity contribution in [2.45, 2.75) is 6.92 Å². The fourth-order valence-electron chi connectivity index (χ4n) is 2.44. The van der Waals surface area contributed by atoms with E-state index >= 15 is 0 Å². The van der Waals surface area contributed by atoms with Crippen molar-refractivity contribution in [3.63, 3.8) is 0 Å². The number of aromatic nitrogens is 3. The number of rotatable bonds is 5. The molecule has 0 spiro atoms. The molecule has 2 aromatic carbocycles. The smallest absolute Gasteiger partial charge is 0.291 e. The Bertz CT molecular complexity index is 1070. The average molecular weight is 377 g/mol. The number of aryl methyl sites for hydroxylation is 1. The van der Waals surface area contributed by atoms with Crippen molar-refractivity contribution in [3.05, 3.63) is 71.6 Å². The molecule has 0 fully saturated rings. The van der Waals surface area contributed by atoms with E-state index in [1.54, 1.807) is 31.2 Å². The molecule has 8 heteroatoms. The molecule has 2 N–H and O–H groups in total. The average Bonchev–Trinajstić information content (AvgIpc) is 3.08. The minimum atomic E-state index is -0.600. The molecule has 0 aliphatic rings. The first kappa shape index (κ1) is 18.8.